The number of hydrogen-bond donors (Lipinski definition) is 0. The first kappa shape index (κ1) is 15.8. The minimum atomic E-state index is -0.0260. The lowest BCUT2D eigenvalue weighted by molar-refractivity contribution is 0.0778. The van der Waals surface area contributed by atoms with Gasteiger partial charge in [-0.3, -0.25) is 4.79 Å². The van der Waals surface area contributed by atoms with Crippen molar-refractivity contribution in [2.75, 3.05) is 20.2 Å². The van der Waals surface area contributed by atoms with Crippen LogP contribution in [0, 0.1) is 0 Å². The van der Waals surface area contributed by atoms with E-state index in [1.807, 2.05) is 19.1 Å². The summed E-state index contributed by atoms with van der Waals surface area (Å²) in [4.78, 5) is 18.7. The largest absolute Gasteiger partial charge is 0.492 e. The van der Waals surface area contributed by atoms with Crippen LogP contribution in [0.1, 0.15) is 21.6 Å². The van der Waals surface area contributed by atoms with Crippen LogP contribution < -0.4 is 4.74 Å². The average Bonchev–Trinajstić information content (AvgIpc) is 2.95. The molecule has 0 fully saturated rings. The molecule has 1 heterocycles. The number of thiazole rings is 1. The van der Waals surface area contributed by atoms with Crippen LogP contribution in [0.15, 0.2) is 30.5 Å². The first-order valence-electron chi connectivity index (χ1n) is 6.68. The molecule has 1 aromatic carbocycles. The summed E-state index contributed by atoms with van der Waals surface area (Å²) in [7, 11) is 1.76. The average molecular weight is 325 g/mol. The molecule has 21 heavy (non-hydrogen) atoms. The van der Waals surface area contributed by atoms with Gasteiger partial charge in [-0.15, -0.1) is 11.3 Å². The number of ether oxygens (including phenoxy) is 1. The Balaban J connectivity index is 1.84. The van der Waals surface area contributed by atoms with Crippen LogP contribution in [-0.2, 0) is 6.42 Å². The van der Waals surface area contributed by atoms with E-state index in [0.717, 1.165) is 11.4 Å². The van der Waals surface area contributed by atoms with Gasteiger partial charge in [-0.05, 0) is 24.6 Å². The summed E-state index contributed by atoms with van der Waals surface area (Å²) in [5, 5.41) is 1.61. The number of hydrogen-bond acceptors (Lipinski definition) is 4. The van der Waals surface area contributed by atoms with Gasteiger partial charge in [0.1, 0.15) is 17.2 Å². The standard InChI is InChI=1S/C15H17ClN2O2S/c1-3-14-17-10-13(21-14)15(19)18(2)7-8-20-12-6-4-5-11(16)9-12/h4-6,9-10H,3,7-8H2,1-2H3. The van der Waals surface area contributed by atoms with Crippen molar-refractivity contribution in [2.45, 2.75) is 13.3 Å². The summed E-state index contributed by atoms with van der Waals surface area (Å²) in [6.07, 6.45) is 2.49. The quantitative estimate of drug-likeness (QED) is 0.816. The van der Waals surface area contributed by atoms with Crippen molar-refractivity contribution in [3.8, 4) is 5.75 Å². The van der Waals surface area contributed by atoms with Crippen molar-refractivity contribution in [2.24, 2.45) is 0 Å². The van der Waals surface area contributed by atoms with E-state index in [0.29, 0.717) is 28.8 Å². The molecule has 2 aromatic rings. The van der Waals surface area contributed by atoms with Crippen LogP contribution in [0.5, 0.6) is 5.75 Å². The highest BCUT2D eigenvalue weighted by atomic mass is 35.5. The molecular formula is C15H17ClN2O2S. The molecule has 0 N–H and O–H groups in total. The molecule has 0 spiro atoms. The van der Waals surface area contributed by atoms with Gasteiger partial charge in [-0.25, -0.2) is 4.98 Å². The van der Waals surface area contributed by atoms with Crippen LogP contribution in [0.2, 0.25) is 5.02 Å². The van der Waals surface area contributed by atoms with E-state index >= 15 is 0 Å². The van der Waals surface area contributed by atoms with Gasteiger partial charge in [0, 0.05) is 12.1 Å². The van der Waals surface area contributed by atoms with E-state index in [1.165, 1.54) is 11.3 Å². The zero-order valence-corrected chi connectivity index (χ0v) is 13.6. The second kappa shape index (κ2) is 7.43. The third-order valence-corrected chi connectivity index (χ3v) is 4.27. The normalized spacial score (nSPS) is 10.4. The van der Waals surface area contributed by atoms with Gasteiger partial charge in [0.15, 0.2) is 0 Å². The molecule has 6 heteroatoms. The highest BCUT2D eigenvalue weighted by Crippen LogP contribution is 2.17. The molecule has 0 atom stereocenters. The number of aromatic nitrogens is 1. The smallest absolute Gasteiger partial charge is 0.265 e. The SMILES string of the molecule is CCc1ncc(C(=O)N(C)CCOc2cccc(Cl)c2)s1. The molecule has 2 rings (SSSR count). The zero-order valence-electron chi connectivity index (χ0n) is 12.0. The summed E-state index contributed by atoms with van der Waals surface area (Å²) in [6, 6.07) is 7.21. The summed E-state index contributed by atoms with van der Waals surface area (Å²) in [6.45, 7) is 2.95. The molecule has 0 saturated carbocycles. The lowest BCUT2D eigenvalue weighted by Gasteiger charge is -2.16. The summed E-state index contributed by atoms with van der Waals surface area (Å²) >= 11 is 7.32. The van der Waals surface area contributed by atoms with Crippen molar-refractivity contribution >= 4 is 28.8 Å². The Labute approximate surface area is 133 Å². The van der Waals surface area contributed by atoms with E-state index < -0.39 is 0 Å². The molecule has 0 unspecified atom stereocenters. The zero-order chi connectivity index (χ0) is 15.2. The van der Waals surface area contributed by atoms with Crippen molar-refractivity contribution in [1.29, 1.82) is 0 Å². The lowest BCUT2D eigenvalue weighted by atomic mass is 10.3. The van der Waals surface area contributed by atoms with Crippen molar-refractivity contribution in [3.05, 3.63) is 45.4 Å². The number of halogens is 1. The Morgan fingerprint density at radius 2 is 2.29 bits per heavy atom. The summed E-state index contributed by atoms with van der Waals surface area (Å²) in [5.41, 5.74) is 0. The molecule has 1 aromatic heterocycles. The van der Waals surface area contributed by atoms with E-state index in [9.17, 15) is 4.79 Å². The maximum Gasteiger partial charge on any atom is 0.265 e. The maximum absolute atomic E-state index is 12.2. The van der Waals surface area contributed by atoms with Gasteiger partial charge in [0.05, 0.1) is 17.7 Å². The molecule has 0 aliphatic rings. The number of likely N-dealkylation sites (N-methyl/N-ethyl adjacent to an activating group) is 1. The van der Waals surface area contributed by atoms with Crippen LogP contribution in [0.4, 0.5) is 0 Å². The fourth-order valence-corrected chi connectivity index (χ4v) is 2.75. The number of rotatable bonds is 6. The number of amides is 1. The van der Waals surface area contributed by atoms with Gasteiger partial charge in [-0.2, -0.15) is 0 Å². The number of aryl methyl sites for hydroxylation is 1. The first-order valence-corrected chi connectivity index (χ1v) is 7.88. The highest BCUT2D eigenvalue weighted by Gasteiger charge is 2.14. The Bertz CT molecular complexity index is 615. The molecule has 0 aliphatic heterocycles. The number of carbonyl (C=O) groups is 1. The molecule has 112 valence electrons. The third kappa shape index (κ3) is 4.44. The molecule has 1 amide bonds. The molecule has 0 bridgehead atoms. The topological polar surface area (TPSA) is 42.4 Å². The molecule has 0 aliphatic carbocycles. The van der Waals surface area contributed by atoms with Gasteiger partial charge >= 0.3 is 0 Å². The van der Waals surface area contributed by atoms with Crippen molar-refractivity contribution < 1.29 is 9.53 Å². The third-order valence-electron chi connectivity index (χ3n) is 2.91. The fraction of sp³-hybridized carbons (Fsp3) is 0.333. The predicted octanol–water partition coefficient (Wildman–Crippen LogP) is 3.51. The van der Waals surface area contributed by atoms with Crippen LogP contribution in [-0.4, -0.2) is 36.0 Å². The minimum Gasteiger partial charge on any atom is -0.492 e. The van der Waals surface area contributed by atoms with Gasteiger partial charge in [-0.1, -0.05) is 24.6 Å². The molecule has 4 nitrogen and oxygen atoms in total. The summed E-state index contributed by atoms with van der Waals surface area (Å²) < 4.78 is 5.58. The Kier molecular flexibility index (Phi) is 5.59. The first-order chi connectivity index (χ1) is 10.1. The summed E-state index contributed by atoms with van der Waals surface area (Å²) in [5.74, 6) is 0.677. The van der Waals surface area contributed by atoms with Crippen LogP contribution in [0.25, 0.3) is 0 Å². The Morgan fingerprint density at radius 3 is 2.95 bits per heavy atom. The van der Waals surface area contributed by atoms with Gasteiger partial charge < -0.3 is 9.64 Å². The molecule has 0 radical (unpaired) electrons. The van der Waals surface area contributed by atoms with Crippen LogP contribution >= 0.6 is 22.9 Å². The second-order valence-corrected chi connectivity index (χ2v) is 6.06. The van der Waals surface area contributed by atoms with E-state index in [2.05, 4.69) is 4.98 Å². The minimum absolute atomic E-state index is 0.0260. The highest BCUT2D eigenvalue weighted by molar-refractivity contribution is 7.13. The maximum atomic E-state index is 12.2. The van der Waals surface area contributed by atoms with E-state index in [4.69, 9.17) is 16.3 Å². The monoisotopic (exact) mass is 324 g/mol. The second-order valence-electron chi connectivity index (χ2n) is 4.50. The van der Waals surface area contributed by atoms with E-state index in [-0.39, 0.29) is 5.91 Å². The number of nitrogens with zero attached hydrogens (tertiary/aromatic N) is 2. The van der Waals surface area contributed by atoms with Gasteiger partial charge in [0.25, 0.3) is 5.91 Å². The molecular weight excluding hydrogens is 308 g/mol. The van der Waals surface area contributed by atoms with Crippen molar-refractivity contribution in [1.82, 2.24) is 9.88 Å². The Morgan fingerprint density at radius 1 is 1.48 bits per heavy atom. The van der Waals surface area contributed by atoms with Crippen molar-refractivity contribution in [3.63, 3.8) is 0 Å². The number of benzene rings is 1. The Hall–Kier alpha value is -1.59. The van der Waals surface area contributed by atoms with Gasteiger partial charge in [0.2, 0.25) is 0 Å². The lowest BCUT2D eigenvalue weighted by Crippen LogP contribution is -2.30. The van der Waals surface area contributed by atoms with Crippen LogP contribution in [0.3, 0.4) is 0 Å². The molecule has 0 saturated heterocycles. The fourth-order valence-electron chi connectivity index (χ4n) is 1.72. The number of carbonyl (C=O) groups excluding carboxylic acids is 1. The van der Waals surface area contributed by atoms with E-state index in [1.54, 1.807) is 30.3 Å². The predicted molar refractivity (Wildman–Crippen MR) is 85.4 cm³/mol.